The summed E-state index contributed by atoms with van der Waals surface area (Å²) < 4.78 is 5.20. The Morgan fingerprint density at radius 2 is 2.38 bits per heavy atom. The molecule has 0 aromatic carbocycles. The van der Waals surface area contributed by atoms with Crippen molar-refractivity contribution in [1.82, 2.24) is 4.90 Å². The van der Waals surface area contributed by atoms with E-state index >= 15 is 0 Å². The van der Waals surface area contributed by atoms with Gasteiger partial charge < -0.3 is 19.2 Å². The summed E-state index contributed by atoms with van der Waals surface area (Å²) in [5.41, 5.74) is 0. The highest BCUT2D eigenvalue weighted by Crippen LogP contribution is 2.41. The number of hydrogen-bond acceptors (Lipinski definition) is 5. The Bertz CT molecular complexity index is 403. The first-order chi connectivity index (χ1) is 7.61. The number of hydrogen-bond donors (Lipinski definition) is 0. The molecule has 0 radical (unpaired) electrons. The van der Waals surface area contributed by atoms with Crippen LogP contribution in [0.4, 0.5) is 0 Å². The van der Waals surface area contributed by atoms with Crippen molar-refractivity contribution in [3.63, 3.8) is 0 Å². The van der Waals surface area contributed by atoms with Gasteiger partial charge >= 0.3 is 0 Å². The number of carbonyl (C=O) groups is 2. The molecule has 0 aliphatic carbocycles. The van der Waals surface area contributed by atoms with Gasteiger partial charge in [-0.05, 0) is 12.1 Å². The molecule has 2 heterocycles. The smallest absolute Gasteiger partial charge is 0.221 e. The number of rotatable bonds is 2. The minimum atomic E-state index is -1.23. The molecule has 1 aliphatic heterocycles. The highest BCUT2D eigenvalue weighted by molar-refractivity contribution is 7.99. The predicted molar refractivity (Wildman–Crippen MR) is 55.2 cm³/mol. The minimum absolute atomic E-state index is 0.291. The van der Waals surface area contributed by atoms with Crippen molar-refractivity contribution in [2.75, 3.05) is 5.75 Å². The molecular weight excluding hydrogens is 230 g/mol. The largest absolute Gasteiger partial charge is 0.548 e. The molecule has 0 saturated carbocycles. The van der Waals surface area contributed by atoms with Gasteiger partial charge in [0.25, 0.3) is 0 Å². The topological polar surface area (TPSA) is 73.6 Å². The molecule has 1 aliphatic rings. The van der Waals surface area contributed by atoms with E-state index in [4.69, 9.17) is 4.42 Å². The molecule has 0 unspecified atom stereocenters. The molecule has 16 heavy (non-hydrogen) atoms. The Morgan fingerprint density at radius 1 is 1.62 bits per heavy atom. The van der Waals surface area contributed by atoms with Crippen molar-refractivity contribution in [2.24, 2.45) is 0 Å². The normalized spacial score (nSPS) is 24.7. The van der Waals surface area contributed by atoms with Gasteiger partial charge in [0, 0.05) is 12.7 Å². The van der Waals surface area contributed by atoms with Gasteiger partial charge in [0.05, 0.1) is 18.3 Å². The second-order valence-electron chi connectivity index (χ2n) is 3.46. The standard InChI is InChI=1S/C10H11NO4S/c1-6(12)11-7(10(13)14)5-16-9(11)8-3-2-4-15-8/h2-4,7,9H,5H2,1H3,(H,13,14)/p-1/t7-,9-/m0/s1. The lowest BCUT2D eigenvalue weighted by molar-refractivity contribution is -0.310. The number of aliphatic carboxylic acids is 1. The molecule has 2 rings (SSSR count). The fourth-order valence-corrected chi connectivity index (χ4v) is 3.14. The summed E-state index contributed by atoms with van der Waals surface area (Å²) in [6.07, 6.45) is 1.50. The molecule has 1 saturated heterocycles. The summed E-state index contributed by atoms with van der Waals surface area (Å²) in [4.78, 5) is 23.6. The van der Waals surface area contributed by atoms with Crippen LogP contribution in [0.5, 0.6) is 0 Å². The Labute approximate surface area is 96.4 Å². The monoisotopic (exact) mass is 240 g/mol. The molecule has 1 amide bonds. The van der Waals surface area contributed by atoms with Crippen molar-refractivity contribution < 1.29 is 19.1 Å². The predicted octanol–water partition coefficient (Wildman–Crippen LogP) is -0.00800. The van der Waals surface area contributed by atoms with Gasteiger partial charge in [-0.1, -0.05) is 0 Å². The zero-order valence-electron chi connectivity index (χ0n) is 8.58. The van der Waals surface area contributed by atoms with Crippen molar-refractivity contribution in [1.29, 1.82) is 0 Å². The first kappa shape index (κ1) is 11.1. The van der Waals surface area contributed by atoms with Crippen molar-refractivity contribution in [2.45, 2.75) is 18.3 Å². The van der Waals surface area contributed by atoms with E-state index < -0.39 is 12.0 Å². The van der Waals surface area contributed by atoms with Gasteiger partial charge in [0.1, 0.15) is 11.1 Å². The van der Waals surface area contributed by atoms with Crippen LogP contribution in [-0.2, 0) is 9.59 Å². The molecule has 0 spiro atoms. The number of carboxylic acids is 1. The molecule has 5 nitrogen and oxygen atoms in total. The Morgan fingerprint density at radius 3 is 2.88 bits per heavy atom. The lowest BCUT2D eigenvalue weighted by Gasteiger charge is -2.27. The van der Waals surface area contributed by atoms with Crippen LogP contribution in [0, 0.1) is 0 Å². The number of nitrogens with zero attached hydrogens (tertiary/aromatic N) is 1. The van der Waals surface area contributed by atoms with E-state index in [9.17, 15) is 14.7 Å². The van der Waals surface area contributed by atoms with Crippen LogP contribution in [0.25, 0.3) is 0 Å². The number of furan rings is 1. The summed E-state index contributed by atoms with van der Waals surface area (Å²) >= 11 is 1.36. The van der Waals surface area contributed by atoms with Gasteiger partial charge in [0.15, 0.2) is 0 Å². The second kappa shape index (κ2) is 4.21. The van der Waals surface area contributed by atoms with E-state index in [0.717, 1.165) is 0 Å². The van der Waals surface area contributed by atoms with E-state index in [1.165, 1.54) is 29.8 Å². The molecule has 1 fully saturated rings. The van der Waals surface area contributed by atoms with E-state index in [0.29, 0.717) is 11.5 Å². The Hall–Kier alpha value is -1.43. The maximum absolute atomic E-state index is 11.4. The van der Waals surface area contributed by atoms with Crippen LogP contribution < -0.4 is 5.11 Å². The van der Waals surface area contributed by atoms with Gasteiger partial charge in [-0.15, -0.1) is 11.8 Å². The quantitative estimate of drug-likeness (QED) is 0.727. The summed E-state index contributed by atoms with van der Waals surface area (Å²) in [6, 6.07) is 2.56. The number of carboxylic acid groups (broad SMARTS) is 1. The summed E-state index contributed by atoms with van der Waals surface area (Å²) in [6.45, 7) is 1.34. The van der Waals surface area contributed by atoms with E-state index in [-0.39, 0.29) is 11.3 Å². The molecular formula is C10H10NO4S-. The molecule has 2 atom stereocenters. The average molecular weight is 240 g/mol. The van der Waals surface area contributed by atoms with E-state index in [2.05, 4.69) is 0 Å². The number of carbonyl (C=O) groups excluding carboxylic acids is 2. The third kappa shape index (κ3) is 1.80. The fraction of sp³-hybridized carbons (Fsp3) is 0.400. The van der Waals surface area contributed by atoms with Crippen LogP contribution in [-0.4, -0.2) is 28.6 Å². The van der Waals surface area contributed by atoms with Crippen LogP contribution in [0.3, 0.4) is 0 Å². The lowest BCUT2D eigenvalue weighted by atomic mass is 10.2. The van der Waals surface area contributed by atoms with Crippen LogP contribution >= 0.6 is 11.8 Å². The number of thioether (sulfide) groups is 1. The van der Waals surface area contributed by atoms with Crippen molar-refractivity contribution in [3.8, 4) is 0 Å². The SMILES string of the molecule is CC(=O)N1[C@H](C(=O)[O-])CS[C@H]1c1ccco1. The zero-order valence-corrected chi connectivity index (χ0v) is 9.40. The summed E-state index contributed by atoms with van der Waals surface area (Å²) in [7, 11) is 0. The fourth-order valence-electron chi connectivity index (χ4n) is 1.72. The van der Waals surface area contributed by atoms with Crippen LogP contribution in [0.1, 0.15) is 18.1 Å². The number of amides is 1. The third-order valence-electron chi connectivity index (χ3n) is 2.42. The molecule has 6 heteroatoms. The zero-order chi connectivity index (χ0) is 11.7. The second-order valence-corrected chi connectivity index (χ2v) is 4.58. The molecule has 0 N–H and O–H groups in total. The van der Waals surface area contributed by atoms with Crippen LogP contribution in [0.2, 0.25) is 0 Å². The summed E-state index contributed by atoms with van der Waals surface area (Å²) in [5.74, 6) is -0.603. The van der Waals surface area contributed by atoms with Gasteiger partial charge in [-0.2, -0.15) is 0 Å². The maximum atomic E-state index is 11.4. The summed E-state index contributed by atoms with van der Waals surface area (Å²) in [5, 5.41) is 10.5. The highest BCUT2D eigenvalue weighted by atomic mass is 32.2. The first-order valence-electron chi connectivity index (χ1n) is 4.76. The van der Waals surface area contributed by atoms with Gasteiger partial charge in [0.2, 0.25) is 5.91 Å². The van der Waals surface area contributed by atoms with Gasteiger partial charge in [-0.3, -0.25) is 4.79 Å². The molecule has 1 aromatic rings. The Balaban J connectivity index is 2.28. The van der Waals surface area contributed by atoms with Crippen molar-refractivity contribution in [3.05, 3.63) is 24.2 Å². The minimum Gasteiger partial charge on any atom is -0.548 e. The van der Waals surface area contributed by atoms with E-state index in [1.807, 2.05) is 0 Å². The van der Waals surface area contributed by atoms with E-state index in [1.54, 1.807) is 12.1 Å². The lowest BCUT2D eigenvalue weighted by Crippen LogP contribution is -2.48. The van der Waals surface area contributed by atoms with Gasteiger partial charge in [-0.25, -0.2) is 0 Å². The third-order valence-corrected chi connectivity index (χ3v) is 3.71. The molecule has 1 aromatic heterocycles. The highest BCUT2D eigenvalue weighted by Gasteiger charge is 2.38. The van der Waals surface area contributed by atoms with Crippen molar-refractivity contribution >= 4 is 23.6 Å². The first-order valence-corrected chi connectivity index (χ1v) is 5.81. The molecule has 86 valence electrons. The maximum Gasteiger partial charge on any atom is 0.221 e. The average Bonchev–Trinajstić information content (AvgIpc) is 2.85. The Kier molecular flexibility index (Phi) is 2.91. The van der Waals surface area contributed by atoms with Crippen LogP contribution in [0.15, 0.2) is 22.8 Å². The molecule has 0 bridgehead atoms.